The van der Waals surface area contributed by atoms with Gasteiger partial charge in [0.2, 0.25) is 18.3 Å². The van der Waals surface area contributed by atoms with Crippen LogP contribution in [0.2, 0.25) is 0 Å². The van der Waals surface area contributed by atoms with E-state index < -0.39 is 67.6 Å². The topological polar surface area (TPSA) is 101 Å². The highest BCUT2D eigenvalue weighted by Crippen LogP contribution is 2.42. The van der Waals surface area contributed by atoms with Crippen LogP contribution in [0, 0.1) is 11.8 Å². The number of rotatable bonds is 14. The van der Waals surface area contributed by atoms with Crippen molar-refractivity contribution in [1.82, 2.24) is 25.3 Å². The maximum Gasteiger partial charge on any atom is 0.389 e. The summed E-state index contributed by atoms with van der Waals surface area (Å²) in [5.41, 5.74) is 1.49. The minimum absolute atomic E-state index is 0.0159. The van der Waals surface area contributed by atoms with E-state index in [1.165, 1.54) is 29.3 Å². The number of carbonyl (C=O) groups is 2. The molecule has 15 heteroatoms. The van der Waals surface area contributed by atoms with Gasteiger partial charge in [-0.1, -0.05) is 0 Å². The van der Waals surface area contributed by atoms with Gasteiger partial charge in [-0.15, -0.1) is 0 Å². The van der Waals surface area contributed by atoms with Gasteiger partial charge < -0.3 is 10.6 Å². The van der Waals surface area contributed by atoms with E-state index in [2.05, 4.69) is 32.4 Å². The molecule has 2 N–H and O–H groups in total. The Bertz CT molecular complexity index is 1410. The van der Waals surface area contributed by atoms with E-state index in [0.717, 1.165) is 12.8 Å². The number of amides is 2. The van der Waals surface area contributed by atoms with Gasteiger partial charge in [0, 0.05) is 44.8 Å². The van der Waals surface area contributed by atoms with E-state index in [1.54, 1.807) is 13.0 Å². The smallest absolute Gasteiger partial charge is 0.349 e. The molecule has 0 aromatic carbocycles. The molecule has 4 rings (SSSR count). The molecule has 46 heavy (non-hydrogen) atoms. The van der Waals surface area contributed by atoms with Gasteiger partial charge in [0.1, 0.15) is 0 Å². The fourth-order valence-corrected chi connectivity index (χ4v) is 5.67. The van der Waals surface area contributed by atoms with Crippen molar-refractivity contribution in [3.63, 3.8) is 0 Å². The first-order chi connectivity index (χ1) is 21.6. The molecule has 2 amide bonds. The zero-order chi connectivity index (χ0) is 33.6. The van der Waals surface area contributed by atoms with Crippen molar-refractivity contribution in [3.05, 3.63) is 52.9 Å². The molecule has 2 fully saturated rings. The molecule has 8 nitrogen and oxygen atoms in total. The Morgan fingerprint density at radius 2 is 1.83 bits per heavy atom. The van der Waals surface area contributed by atoms with Crippen LogP contribution in [0.5, 0.6) is 0 Å². The number of pyridine rings is 1. The Morgan fingerprint density at radius 1 is 1.13 bits per heavy atom. The zero-order valence-electron chi connectivity index (χ0n) is 25.3. The summed E-state index contributed by atoms with van der Waals surface area (Å²) in [5, 5.41) is 9.54. The molecule has 0 aliphatic heterocycles. The number of halogens is 7. The van der Waals surface area contributed by atoms with E-state index in [0.29, 0.717) is 16.8 Å². The largest absolute Gasteiger partial charge is 0.389 e. The van der Waals surface area contributed by atoms with Crippen LogP contribution < -0.4 is 10.6 Å². The number of hydrogen-bond acceptors (Lipinski definition) is 5. The molecular weight excluding hydrogens is 621 g/mol. The van der Waals surface area contributed by atoms with Crippen molar-refractivity contribution in [2.45, 2.75) is 102 Å². The fourth-order valence-electron chi connectivity index (χ4n) is 5.67. The molecule has 2 heterocycles. The summed E-state index contributed by atoms with van der Waals surface area (Å²) in [6, 6.07) is 0.101. The Labute approximate surface area is 261 Å². The molecule has 0 saturated heterocycles. The van der Waals surface area contributed by atoms with Gasteiger partial charge in [-0.25, -0.2) is 27.2 Å². The Morgan fingerprint density at radius 3 is 2.43 bits per heavy atom. The summed E-state index contributed by atoms with van der Waals surface area (Å²) >= 11 is 0. The molecule has 2 aromatic rings. The van der Waals surface area contributed by atoms with E-state index in [1.807, 2.05) is 0 Å². The van der Waals surface area contributed by atoms with Crippen LogP contribution in [0.15, 0.2) is 35.3 Å². The van der Waals surface area contributed by atoms with Gasteiger partial charge in [-0.05, 0) is 74.1 Å². The van der Waals surface area contributed by atoms with Crippen LogP contribution in [-0.4, -0.2) is 57.7 Å². The Kier molecular flexibility index (Phi) is 11.3. The van der Waals surface area contributed by atoms with Crippen LogP contribution in [0.1, 0.15) is 98.2 Å². The van der Waals surface area contributed by atoms with Gasteiger partial charge in [0.15, 0.2) is 5.82 Å². The number of nitrogens with one attached hydrogen (secondary N) is 2. The first kappa shape index (κ1) is 35.1. The van der Waals surface area contributed by atoms with Crippen LogP contribution in [-0.2, 0) is 11.2 Å². The van der Waals surface area contributed by atoms with E-state index in [-0.39, 0.29) is 49.4 Å². The second kappa shape index (κ2) is 14.8. The molecule has 2 atom stereocenters. The SMILES string of the molecule is C=Nn1cc([C@@H](NC(=O)c2cncc(CCC(F)F)c2)C2CCC(F)(F)CC2)nc1/C=C(\C)[C@H](NC(=O)CCC(F)(F)F)C1CC1. The van der Waals surface area contributed by atoms with Gasteiger partial charge in [0.25, 0.3) is 5.91 Å². The van der Waals surface area contributed by atoms with E-state index in [4.69, 9.17) is 0 Å². The first-order valence-corrected chi connectivity index (χ1v) is 15.2. The molecule has 2 aliphatic rings. The van der Waals surface area contributed by atoms with Crippen molar-refractivity contribution < 1.29 is 40.3 Å². The Balaban J connectivity index is 1.59. The van der Waals surface area contributed by atoms with Crippen molar-refractivity contribution in [2.75, 3.05) is 0 Å². The quantitative estimate of drug-likeness (QED) is 0.171. The number of aromatic nitrogens is 3. The van der Waals surface area contributed by atoms with Gasteiger partial charge in [-0.3, -0.25) is 14.6 Å². The van der Waals surface area contributed by atoms with Crippen molar-refractivity contribution in [1.29, 1.82) is 0 Å². The third kappa shape index (κ3) is 10.1. The van der Waals surface area contributed by atoms with Crippen molar-refractivity contribution in [2.24, 2.45) is 16.9 Å². The van der Waals surface area contributed by atoms with Gasteiger partial charge >= 0.3 is 6.18 Å². The summed E-state index contributed by atoms with van der Waals surface area (Å²) in [7, 11) is 0. The van der Waals surface area contributed by atoms with E-state index in [9.17, 15) is 40.3 Å². The predicted octanol–water partition coefficient (Wildman–Crippen LogP) is 6.88. The van der Waals surface area contributed by atoms with Crippen LogP contribution in [0.4, 0.5) is 30.7 Å². The third-order valence-electron chi connectivity index (χ3n) is 8.32. The minimum atomic E-state index is -4.46. The third-order valence-corrected chi connectivity index (χ3v) is 8.32. The lowest BCUT2D eigenvalue weighted by Gasteiger charge is -2.33. The summed E-state index contributed by atoms with van der Waals surface area (Å²) in [6.07, 6.45) is -2.46. The summed E-state index contributed by atoms with van der Waals surface area (Å²) in [4.78, 5) is 34.3. The fraction of sp³-hybridized carbons (Fsp3) is 0.581. The molecule has 2 saturated carbocycles. The zero-order valence-corrected chi connectivity index (χ0v) is 25.3. The van der Waals surface area contributed by atoms with Gasteiger partial charge in [0.05, 0.1) is 36.0 Å². The maximum absolute atomic E-state index is 14.1. The second-order valence-electron chi connectivity index (χ2n) is 12.1. The molecule has 252 valence electrons. The molecule has 0 bridgehead atoms. The predicted molar refractivity (Wildman–Crippen MR) is 156 cm³/mol. The monoisotopic (exact) mass is 658 g/mol. The summed E-state index contributed by atoms with van der Waals surface area (Å²) in [6.45, 7) is 5.27. The molecular formula is C31H37F7N6O2. The normalized spacial score (nSPS) is 18.7. The molecule has 0 spiro atoms. The Hall–Kier alpha value is -3.78. The van der Waals surface area contributed by atoms with Crippen LogP contribution in [0.3, 0.4) is 0 Å². The standard InChI is InChI=1S/C31H37F7N6O2/c1-18(27(20-4-5-20)42-26(45)9-12-31(36,37)38)13-25-41-23(17-44(25)39-2)28(21-7-10-30(34,35)11-8-21)43-29(46)22-14-19(15-40-16-22)3-6-24(32)33/h13-17,20-21,24,27-28H,2-12H2,1H3,(H,42,45)(H,43,46)/b18-13+/t27-,28-/m0/s1. The molecule has 0 radical (unpaired) electrons. The number of aryl methyl sites for hydroxylation is 1. The highest BCUT2D eigenvalue weighted by molar-refractivity contribution is 5.94. The molecule has 2 aromatic heterocycles. The minimum Gasteiger partial charge on any atom is -0.349 e. The van der Waals surface area contributed by atoms with Crippen LogP contribution >= 0.6 is 0 Å². The lowest BCUT2D eigenvalue weighted by atomic mass is 9.81. The number of hydrogen-bond donors (Lipinski definition) is 2. The second-order valence-corrected chi connectivity index (χ2v) is 12.1. The summed E-state index contributed by atoms with van der Waals surface area (Å²) in [5.74, 6) is -4.25. The summed E-state index contributed by atoms with van der Waals surface area (Å²) < 4.78 is 92.8. The number of imidazole rings is 1. The van der Waals surface area contributed by atoms with Crippen molar-refractivity contribution >= 4 is 24.6 Å². The number of carbonyl (C=O) groups excluding carboxylic acids is 2. The number of alkyl halides is 7. The highest BCUT2D eigenvalue weighted by Gasteiger charge is 2.40. The highest BCUT2D eigenvalue weighted by atomic mass is 19.4. The van der Waals surface area contributed by atoms with Crippen LogP contribution in [0.25, 0.3) is 6.08 Å². The van der Waals surface area contributed by atoms with Gasteiger partial charge in [-0.2, -0.15) is 18.3 Å². The lowest BCUT2D eigenvalue weighted by Crippen LogP contribution is -2.37. The average molecular weight is 659 g/mol. The molecule has 0 unspecified atom stereocenters. The molecule has 2 aliphatic carbocycles. The van der Waals surface area contributed by atoms with E-state index >= 15 is 0 Å². The lowest BCUT2D eigenvalue weighted by molar-refractivity contribution is -0.144. The number of nitrogens with zero attached hydrogens (tertiary/aromatic N) is 4. The maximum atomic E-state index is 14.1. The van der Waals surface area contributed by atoms with Crippen molar-refractivity contribution in [3.8, 4) is 0 Å². The average Bonchev–Trinajstić information content (AvgIpc) is 3.76. The first-order valence-electron chi connectivity index (χ1n) is 15.2.